The van der Waals surface area contributed by atoms with Crippen LogP contribution in [0.2, 0.25) is 0 Å². The van der Waals surface area contributed by atoms with Crippen LogP contribution in [0.5, 0.6) is 0 Å². The lowest BCUT2D eigenvalue weighted by molar-refractivity contribution is 0.169. The van der Waals surface area contributed by atoms with Crippen molar-refractivity contribution in [3.8, 4) is 0 Å². The van der Waals surface area contributed by atoms with Crippen molar-refractivity contribution in [2.24, 2.45) is 5.92 Å². The maximum Gasteiger partial charge on any atom is 0.279 e. The highest BCUT2D eigenvalue weighted by molar-refractivity contribution is 7.87. The van der Waals surface area contributed by atoms with Gasteiger partial charge in [-0.15, -0.1) is 0 Å². The van der Waals surface area contributed by atoms with Gasteiger partial charge in [-0.3, -0.25) is 0 Å². The van der Waals surface area contributed by atoms with E-state index in [-0.39, 0.29) is 12.5 Å². The molecule has 0 saturated carbocycles. The molecule has 1 heterocycles. The van der Waals surface area contributed by atoms with Crippen molar-refractivity contribution < 1.29 is 13.5 Å². The first-order valence-corrected chi connectivity index (χ1v) is 7.08. The zero-order valence-corrected chi connectivity index (χ0v) is 11.0. The molecule has 96 valence electrons. The van der Waals surface area contributed by atoms with E-state index in [1.807, 2.05) is 20.8 Å². The molecule has 16 heavy (non-hydrogen) atoms. The van der Waals surface area contributed by atoms with E-state index in [0.717, 1.165) is 12.8 Å². The average molecular weight is 250 g/mol. The molecule has 0 atom stereocenters. The monoisotopic (exact) mass is 250 g/mol. The lowest BCUT2D eigenvalue weighted by Gasteiger charge is -2.32. The zero-order valence-electron chi connectivity index (χ0n) is 10.2. The first kappa shape index (κ1) is 13.9. The Bertz CT molecular complexity index is 313. The normalized spacial score (nSPS) is 21.2. The Morgan fingerprint density at radius 2 is 1.81 bits per heavy atom. The summed E-state index contributed by atoms with van der Waals surface area (Å²) in [6.07, 6.45) is 1.48. The number of hydrogen-bond donors (Lipinski definition) is 2. The second-order valence-corrected chi connectivity index (χ2v) is 7.05. The van der Waals surface area contributed by atoms with Crippen molar-refractivity contribution in [1.82, 2.24) is 9.03 Å². The van der Waals surface area contributed by atoms with E-state index in [9.17, 15) is 8.42 Å². The van der Waals surface area contributed by atoms with Crippen molar-refractivity contribution in [2.45, 2.75) is 39.2 Å². The highest BCUT2D eigenvalue weighted by atomic mass is 32.2. The van der Waals surface area contributed by atoms with Crippen molar-refractivity contribution in [3.63, 3.8) is 0 Å². The van der Waals surface area contributed by atoms with E-state index in [1.54, 1.807) is 0 Å². The molecule has 0 aromatic heterocycles. The number of piperidine rings is 1. The van der Waals surface area contributed by atoms with E-state index in [4.69, 9.17) is 5.11 Å². The number of nitrogens with one attached hydrogen (secondary N) is 1. The average Bonchev–Trinajstić information content (AvgIpc) is 2.14. The van der Waals surface area contributed by atoms with Gasteiger partial charge >= 0.3 is 0 Å². The first-order valence-electron chi connectivity index (χ1n) is 5.64. The summed E-state index contributed by atoms with van der Waals surface area (Å²) in [5, 5.41) is 8.98. The Labute approximate surface area is 98.0 Å². The summed E-state index contributed by atoms with van der Waals surface area (Å²) >= 11 is 0. The number of aliphatic hydroxyl groups excluding tert-OH is 1. The predicted octanol–water partition coefficient (Wildman–Crippen LogP) is 0.324. The van der Waals surface area contributed by atoms with Crippen LogP contribution in [0.25, 0.3) is 0 Å². The second kappa shape index (κ2) is 5.00. The molecule has 0 radical (unpaired) electrons. The molecule has 6 heteroatoms. The molecule has 2 N–H and O–H groups in total. The molecule has 1 aliphatic heterocycles. The molecule has 1 rings (SSSR count). The number of hydrogen-bond acceptors (Lipinski definition) is 3. The van der Waals surface area contributed by atoms with Gasteiger partial charge in [0.15, 0.2) is 0 Å². The summed E-state index contributed by atoms with van der Waals surface area (Å²) < 4.78 is 28.0. The van der Waals surface area contributed by atoms with Gasteiger partial charge in [0.05, 0.1) is 0 Å². The Morgan fingerprint density at radius 3 is 2.19 bits per heavy atom. The quantitative estimate of drug-likeness (QED) is 0.758. The third-order valence-corrected chi connectivity index (χ3v) is 4.52. The van der Waals surface area contributed by atoms with Crippen LogP contribution in [0, 0.1) is 5.92 Å². The fourth-order valence-electron chi connectivity index (χ4n) is 1.78. The number of rotatable bonds is 3. The summed E-state index contributed by atoms with van der Waals surface area (Å²) in [7, 11) is -3.37. The smallest absolute Gasteiger partial charge is 0.279 e. The molecule has 0 unspecified atom stereocenters. The van der Waals surface area contributed by atoms with E-state index in [1.165, 1.54) is 4.31 Å². The fourth-order valence-corrected chi connectivity index (χ4v) is 3.38. The fraction of sp³-hybridized carbons (Fsp3) is 1.00. The lowest BCUT2D eigenvalue weighted by Crippen LogP contribution is -2.51. The third kappa shape index (κ3) is 4.01. The minimum Gasteiger partial charge on any atom is -0.396 e. The molecule has 0 amide bonds. The van der Waals surface area contributed by atoms with Gasteiger partial charge in [0, 0.05) is 25.2 Å². The zero-order chi connectivity index (χ0) is 12.4. The molecule has 0 spiro atoms. The maximum absolute atomic E-state index is 11.9. The summed E-state index contributed by atoms with van der Waals surface area (Å²) in [6.45, 7) is 6.62. The summed E-state index contributed by atoms with van der Waals surface area (Å²) in [5.74, 6) is 0.251. The van der Waals surface area contributed by atoms with E-state index in [2.05, 4.69) is 4.72 Å². The highest BCUT2D eigenvalue weighted by Crippen LogP contribution is 2.19. The standard InChI is InChI=1S/C10H22N2O3S/c1-10(2,3)11-16(14,15)12-6-4-9(8-13)5-7-12/h9,11,13H,4-8H2,1-3H3. The SMILES string of the molecule is CC(C)(C)NS(=O)(=O)N1CCC(CO)CC1. The molecule has 0 aromatic carbocycles. The molecule has 1 saturated heterocycles. The Morgan fingerprint density at radius 1 is 1.31 bits per heavy atom. The number of nitrogens with zero attached hydrogens (tertiary/aromatic N) is 1. The van der Waals surface area contributed by atoms with Gasteiger partial charge in [0.25, 0.3) is 10.2 Å². The van der Waals surface area contributed by atoms with Crippen LogP contribution < -0.4 is 4.72 Å². The molecule has 1 aliphatic rings. The topological polar surface area (TPSA) is 69.6 Å². The molecular formula is C10H22N2O3S. The van der Waals surface area contributed by atoms with Crippen LogP contribution in [0.4, 0.5) is 0 Å². The molecular weight excluding hydrogens is 228 g/mol. The summed E-state index contributed by atoms with van der Waals surface area (Å²) in [4.78, 5) is 0. The molecule has 0 aromatic rings. The summed E-state index contributed by atoms with van der Waals surface area (Å²) in [6, 6.07) is 0. The molecule has 1 fully saturated rings. The third-order valence-electron chi connectivity index (χ3n) is 2.61. The molecule has 0 aliphatic carbocycles. The largest absolute Gasteiger partial charge is 0.396 e. The van der Waals surface area contributed by atoms with Crippen molar-refractivity contribution in [1.29, 1.82) is 0 Å². The lowest BCUT2D eigenvalue weighted by atomic mass is 10.00. The van der Waals surface area contributed by atoms with Crippen LogP contribution in [0.3, 0.4) is 0 Å². The van der Waals surface area contributed by atoms with Gasteiger partial charge in [-0.25, -0.2) is 0 Å². The summed E-state index contributed by atoms with van der Waals surface area (Å²) in [5.41, 5.74) is -0.452. The Balaban J connectivity index is 2.59. The predicted molar refractivity (Wildman–Crippen MR) is 63.2 cm³/mol. The first-order chi connectivity index (χ1) is 7.24. The molecule has 0 bridgehead atoms. The van der Waals surface area contributed by atoms with Gasteiger partial charge < -0.3 is 5.11 Å². The van der Waals surface area contributed by atoms with Crippen LogP contribution in [0.1, 0.15) is 33.6 Å². The number of aliphatic hydroxyl groups is 1. The van der Waals surface area contributed by atoms with Crippen LogP contribution in [-0.2, 0) is 10.2 Å². The Hall–Kier alpha value is -0.170. The van der Waals surface area contributed by atoms with Crippen LogP contribution in [-0.4, -0.2) is 43.1 Å². The second-order valence-electron chi connectivity index (χ2n) is 5.38. The van der Waals surface area contributed by atoms with Gasteiger partial charge in [0.2, 0.25) is 0 Å². The van der Waals surface area contributed by atoms with Crippen molar-refractivity contribution in [3.05, 3.63) is 0 Å². The Kier molecular flexibility index (Phi) is 4.34. The van der Waals surface area contributed by atoms with Gasteiger partial charge in [-0.2, -0.15) is 17.4 Å². The van der Waals surface area contributed by atoms with Crippen molar-refractivity contribution in [2.75, 3.05) is 19.7 Å². The minimum atomic E-state index is -3.37. The van der Waals surface area contributed by atoms with Crippen LogP contribution >= 0.6 is 0 Å². The molecule has 5 nitrogen and oxygen atoms in total. The van der Waals surface area contributed by atoms with Crippen molar-refractivity contribution >= 4 is 10.2 Å². The van der Waals surface area contributed by atoms with E-state index < -0.39 is 15.7 Å². The minimum absolute atomic E-state index is 0.153. The van der Waals surface area contributed by atoms with Gasteiger partial charge in [-0.1, -0.05) is 0 Å². The van der Waals surface area contributed by atoms with E-state index >= 15 is 0 Å². The van der Waals surface area contributed by atoms with Crippen LogP contribution in [0.15, 0.2) is 0 Å². The van der Waals surface area contributed by atoms with Gasteiger partial charge in [-0.05, 0) is 39.5 Å². The van der Waals surface area contributed by atoms with E-state index in [0.29, 0.717) is 13.1 Å². The van der Waals surface area contributed by atoms with Gasteiger partial charge in [0.1, 0.15) is 0 Å². The maximum atomic E-state index is 11.9. The highest BCUT2D eigenvalue weighted by Gasteiger charge is 2.30.